The summed E-state index contributed by atoms with van der Waals surface area (Å²) in [7, 11) is -17.6. The molecule has 0 bridgehead atoms. The molecule has 30 heteroatoms. The molecule has 1 saturated heterocycles. The molecule has 1 aliphatic rings. The van der Waals surface area contributed by atoms with Crippen LogP contribution in [0.1, 0.15) is 26.5 Å². The highest BCUT2D eigenvalue weighted by Gasteiger charge is 2.47. The van der Waals surface area contributed by atoms with Crippen molar-refractivity contribution in [2.24, 2.45) is 5.41 Å². The quantitative estimate of drug-likeness (QED) is 0.0416. The van der Waals surface area contributed by atoms with Gasteiger partial charge in [-0.3, -0.25) is 32.9 Å². The number of carbonyl (C=O) groups is 4. The number of imidazole rings is 1. The van der Waals surface area contributed by atoms with E-state index in [2.05, 4.69) is 43.5 Å². The molecule has 1 fully saturated rings. The Morgan fingerprint density at radius 1 is 1.11 bits per heavy atom. The lowest BCUT2D eigenvalue weighted by Gasteiger charge is -2.36. The van der Waals surface area contributed by atoms with E-state index in [-0.39, 0.29) is 43.0 Å². The van der Waals surface area contributed by atoms with Gasteiger partial charge in [0.15, 0.2) is 23.3 Å². The molecule has 300 valence electrons. The number of ether oxygens (including phenoxy) is 1. The number of amides is 2. The molecule has 7 unspecified atom stereocenters. The third kappa shape index (κ3) is 14.7. The van der Waals surface area contributed by atoms with Gasteiger partial charge in [-0.25, -0.2) is 19.3 Å². The Labute approximate surface area is 303 Å². The average Bonchev–Trinajstić information content (AvgIpc) is 3.61. The van der Waals surface area contributed by atoms with Crippen LogP contribution in [0.4, 0.5) is 5.82 Å². The summed E-state index contributed by atoms with van der Waals surface area (Å²) < 4.78 is 60.1. The first-order valence-electron chi connectivity index (χ1n) is 14.5. The summed E-state index contributed by atoms with van der Waals surface area (Å²) in [5.74, 6) is -1.20. The van der Waals surface area contributed by atoms with Crippen molar-refractivity contribution in [1.29, 1.82) is 0 Å². The number of aromatic nitrogens is 4. The SMILES string of the molecule is CC(C)(COP(=O)([O-])OP(=O)([O-])OCC1OC(n2cnc3c(N)ncnc32)C(O)C1OP(=O)([O-])[O-])C(O)C(=O)NCCC(=O)NCCSC=O.O=CO. The molecule has 2 amide bonds. The summed E-state index contributed by atoms with van der Waals surface area (Å²) in [4.78, 5) is 102. The molecule has 53 heavy (non-hydrogen) atoms. The van der Waals surface area contributed by atoms with Crippen LogP contribution in [0.25, 0.3) is 11.2 Å². The van der Waals surface area contributed by atoms with Gasteiger partial charge < -0.3 is 74.1 Å². The van der Waals surface area contributed by atoms with E-state index in [1.54, 1.807) is 0 Å². The van der Waals surface area contributed by atoms with Crippen molar-refractivity contribution in [3.8, 4) is 0 Å². The van der Waals surface area contributed by atoms with Gasteiger partial charge in [0.1, 0.15) is 36.3 Å². The predicted molar refractivity (Wildman–Crippen MR) is 169 cm³/mol. The Hall–Kier alpha value is -2.97. The summed E-state index contributed by atoms with van der Waals surface area (Å²) in [5, 5.41) is 32.8. The first kappa shape index (κ1) is 46.2. The van der Waals surface area contributed by atoms with Gasteiger partial charge >= 0.3 is 0 Å². The summed E-state index contributed by atoms with van der Waals surface area (Å²) >= 11 is 0.949. The predicted octanol–water partition coefficient (Wildman–Crippen LogP) is -4.50. The zero-order valence-corrected chi connectivity index (χ0v) is 30.9. The average molecular weight is 838 g/mol. The lowest BCUT2D eigenvalue weighted by Crippen LogP contribution is -2.46. The summed E-state index contributed by atoms with van der Waals surface area (Å²) in [6.45, 7) is -0.135. The van der Waals surface area contributed by atoms with E-state index in [4.69, 9.17) is 20.4 Å². The summed E-state index contributed by atoms with van der Waals surface area (Å²) in [6.07, 6.45) is -7.55. The minimum Gasteiger partial charge on any atom is -0.790 e. The maximum absolute atomic E-state index is 12.4. The first-order chi connectivity index (χ1) is 24.6. The Balaban J connectivity index is 0.00000313. The molecule has 0 aromatic carbocycles. The molecule has 7 N–H and O–H groups in total. The van der Waals surface area contributed by atoms with Gasteiger partial charge in [-0.05, 0) is 0 Å². The molecule has 0 saturated carbocycles. The summed E-state index contributed by atoms with van der Waals surface area (Å²) in [6, 6.07) is 0. The minimum atomic E-state index is -5.90. The number of nitrogens with one attached hydrogen (secondary N) is 2. The second-order valence-electron chi connectivity index (χ2n) is 11.1. The third-order valence-corrected chi connectivity index (χ3v) is 10.3. The van der Waals surface area contributed by atoms with E-state index in [0.29, 0.717) is 11.4 Å². The minimum absolute atomic E-state index is 0.0209. The molecule has 0 radical (unpaired) electrons. The lowest BCUT2D eigenvalue weighted by molar-refractivity contribution is -0.347. The number of carbonyl (C=O) groups excluding carboxylic acids is 3. The number of hydrogen-bond acceptors (Lipinski definition) is 23. The molecular weight excluding hydrogens is 803 g/mol. The molecule has 7 atom stereocenters. The monoisotopic (exact) mass is 837 g/mol. The third-order valence-electron chi connectivity index (χ3n) is 6.66. The number of rotatable bonds is 20. The van der Waals surface area contributed by atoms with Crippen LogP contribution >= 0.6 is 35.2 Å². The number of thioether (sulfide) groups is 1. The van der Waals surface area contributed by atoms with E-state index >= 15 is 0 Å². The number of phosphoric acid groups is 3. The van der Waals surface area contributed by atoms with Gasteiger partial charge in [0.25, 0.3) is 22.1 Å². The highest BCUT2D eigenvalue weighted by molar-refractivity contribution is 8.11. The molecule has 2 aromatic rings. The largest absolute Gasteiger partial charge is 0.790 e. The van der Waals surface area contributed by atoms with Crippen LogP contribution in [0.15, 0.2) is 12.7 Å². The normalized spacial score (nSPS) is 21.7. The molecular formula is C23H34N7O19P3S-4. The van der Waals surface area contributed by atoms with Gasteiger partial charge in [0.2, 0.25) is 11.8 Å². The number of anilines is 1. The van der Waals surface area contributed by atoms with Crippen molar-refractivity contribution in [1.82, 2.24) is 30.2 Å². The fourth-order valence-electron chi connectivity index (χ4n) is 4.21. The van der Waals surface area contributed by atoms with Crippen LogP contribution in [-0.4, -0.2) is 115 Å². The standard InChI is InChI=1S/C22H36N7O17P3S.CH2O2/c1-22(2,17(33)20(34)25-4-3-13(31)24-5-6-50-11-30)8-43-49(40,41)46-48(38,39)42-7-12-16(45-47(35,36)37)15(32)21(44-12)29-10-28-14-18(23)26-9-27-19(14)29;2-1-3/h9-12,15-17,21,32-33H,3-8H2,1-2H3,(H,24,31)(H,25,34)(H,38,39)(H,40,41)(H2,23,26,27)(H2,35,36,37);1H,(H,2,3)/p-4. The summed E-state index contributed by atoms with van der Waals surface area (Å²) in [5.41, 5.74) is 4.68. The van der Waals surface area contributed by atoms with Crippen LogP contribution < -0.4 is 35.9 Å². The number of fused-ring (bicyclic) bond motifs is 1. The highest BCUT2D eigenvalue weighted by atomic mass is 32.2. The first-order valence-corrected chi connectivity index (χ1v) is 20.0. The van der Waals surface area contributed by atoms with Gasteiger partial charge in [-0.15, -0.1) is 0 Å². The Morgan fingerprint density at radius 2 is 1.75 bits per heavy atom. The van der Waals surface area contributed by atoms with E-state index < -0.39 is 84.6 Å². The molecule has 2 aromatic heterocycles. The second kappa shape index (κ2) is 20.1. The zero-order chi connectivity index (χ0) is 40.2. The number of hydrogen-bond donors (Lipinski definition) is 6. The Morgan fingerprint density at radius 3 is 2.38 bits per heavy atom. The number of aliphatic hydroxyl groups is 2. The van der Waals surface area contributed by atoms with Crippen molar-refractivity contribution in [2.75, 3.05) is 37.8 Å². The maximum Gasteiger partial charge on any atom is 0.290 e. The van der Waals surface area contributed by atoms with Crippen molar-refractivity contribution in [3.05, 3.63) is 12.7 Å². The number of nitrogens with two attached hydrogens (primary N) is 1. The maximum atomic E-state index is 12.4. The number of phosphoric ester groups is 3. The number of aliphatic hydroxyl groups excluding tert-OH is 2. The van der Waals surface area contributed by atoms with E-state index in [1.807, 2.05) is 0 Å². The number of carboxylic acid groups (broad SMARTS) is 1. The van der Waals surface area contributed by atoms with E-state index in [0.717, 1.165) is 29.0 Å². The molecule has 0 spiro atoms. The van der Waals surface area contributed by atoms with Crippen LogP contribution in [0.3, 0.4) is 0 Å². The van der Waals surface area contributed by atoms with Crippen molar-refractivity contribution in [2.45, 2.75) is 50.9 Å². The molecule has 3 heterocycles. The Kier molecular flexibility index (Phi) is 17.5. The van der Waals surface area contributed by atoms with Crippen LogP contribution in [-0.2, 0) is 55.5 Å². The van der Waals surface area contributed by atoms with Gasteiger partial charge in [0, 0.05) is 30.7 Å². The van der Waals surface area contributed by atoms with Gasteiger partial charge in [-0.2, -0.15) is 0 Å². The van der Waals surface area contributed by atoms with Crippen molar-refractivity contribution in [3.63, 3.8) is 0 Å². The van der Waals surface area contributed by atoms with Gasteiger partial charge in [0.05, 0.1) is 27.4 Å². The molecule has 0 aliphatic carbocycles. The molecule has 26 nitrogen and oxygen atoms in total. The molecule has 3 rings (SSSR count). The van der Waals surface area contributed by atoms with Gasteiger partial charge in [-0.1, -0.05) is 25.6 Å². The highest BCUT2D eigenvalue weighted by Crippen LogP contribution is 2.56. The smallest absolute Gasteiger partial charge is 0.290 e. The lowest BCUT2D eigenvalue weighted by atomic mass is 9.87. The van der Waals surface area contributed by atoms with Crippen molar-refractivity contribution < 1.29 is 90.4 Å². The Bertz CT molecular complexity index is 1710. The van der Waals surface area contributed by atoms with E-state index in [9.17, 15) is 57.9 Å². The van der Waals surface area contributed by atoms with Crippen LogP contribution in [0.5, 0.6) is 0 Å². The topological polar surface area (TPSA) is 412 Å². The van der Waals surface area contributed by atoms with Crippen LogP contribution in [0.2, 0.25) is 0 Å². The van der Waals surface area contributed by atoms with Crippen molar-refractivity contribution >= 4 is 76.1 Å². The zero-order valence-electron chi connectivity index (χ0n) is 27.4. The number of nitrogen functional groups attached to an aromatic ring is 1. The number of nitrogens with zero attached hydrogens (tertiary/aromatic N) is 4. The van der Waals surface area contributed by atoms with Crippen LogP contribution in [0, 0.1) is 5.41 Å². The fourth-order valence-corrected chi connectivity index (χ4v) is 7.27. The van der Waals surface area contributed by atoms with E-state index in [1.165, 1.54) is 13.8 Å². The second-order valence-corrected chi connectivity index (χ2v) is 16.1. The fraction of sp³-hybridized carbons (Fsp3) is 0.609. The molecule has 1 aliphatic heterocycles.